The fourth-order valence-corrected chi connectivity index (χ4v) is 2.44. The van der Waals surface area contributed by atoms with Crippen molar-refractivity contribution in [2.75, 3.05) is 31.6 Å². The van der Waals surface area contributed by atoms with E-state index in [0.29, 0.717) is 13.2 Å². The predicted molar refractivity (Wildman–Crippen MR) is 76.6 cm³/mol. The molecule has 1 aromatic heterocycles. The molecule has 1 amide bonds. The molecule has 0 radical (unpaired) electrons. The molecule has 1 aromatic carbocycles. The minimum Gasteiger partial charge on any atom is -0.379 e. The number of benzene rings is 1. The van der Waals surface area contributed by atoms with Crippen molar-refractivity contribution in [3.8, 4) is 0 Å². The Hall–Kier alpha value is -1.92. The van der Waals surface area contributed by atoms with E-state index in [1.807, 2.05) is 25.1 Å². The minimum atomic E-state index is -0.166. The highest BCUT2D eigenvalue weighted by atomic mass is 16.5. The number of amides is 1. The summed E-state index contributed by atoms with van der Waals surface area (Å²) in [5.41, 5.74) is 1.71. The third-order valence-corrected chi connectivity index (χ3v) is 3.72. The van der Waals surface area contributed by atoms with E-state index in [2.05, 4.69) is 20.4 Å². The lowest BCUT2D eigenvalue weighted by Gasteiger charge is -2.31. The molecule has 1 aliphatic rings. The predicted octanol–water partition coefficient (Wildman–Crippen LogP) is 1.22. The molecule has 1 atom stereocenters. The van der Waals surface area contributed by atoms with E-state index in [1.165, 1.54) is 0 Å². The minimum absolute atomic E-state index is 0.000556. The van der Waals surface area contributed by atoms with Gasteiger partial charge in [0.05, 0.1) is 36.7 Å². The van der Waals surface area contributed by atoms with Gasteiger partial charge in [0.15, 0.2) is 0 Å². The maximum absolute atomic E-state index is 12.4. The largest absolute Gasteiger partial charge is 0.379 e. The summed E-state index contributed by atoms with van der Waals surface area (Å²) in [6.45, 7) is 4.90. The number of H-pyrrole nitrogens is 1. The van der Waals surface area contributed by atoms with Crippen LogP contribution in [0.15, 0.2) is 24.4 Å². The highest BCUT2D eigenvalue weighted by Crippen LogP contribution is 2.21. The molecule has 6 heteroatoms. The van der Waals surface area contributed by atoms with Crippen LogP contribution in [0.5, 0.6) is 0 Å². The third kappa shape index (κ3) is 2.52. The van der Waals surface area contributed by atoms with E-state index in [-0.39, 0.29) is 11.9 Å². The molecule has 3 rings (SSSR count). The van der Waals surface area contributed by atoms with Crippen molar-refractivity contribution in [2.45, 2.75) is 13.0 Å². The van der Waals surface area contributed by atoms with Crippen LogP contribution in [-0.2, 0) is 9.53 Å². The van der Waals surface area contributed by atoms with Gasteiger partial charge in [0, 0.05) is 18.5 Å². The van der Waals surface area contributed by atoms with Gasteiger partial charge in [-0.15, -0.1) is 0 Å². The van der Waals surface area contributed by atoms with Crippen molar-refractivity contribution in [2.24, 2.45) is 0 Å². The van der Waals surface area contributed by atoms with Crippen molar-refractivity contribution in [1.29, 1.82) is 0 Å². The lowest BCUT2D eigenvalue weighted by molar-refractivity contribution is -0.122. The Morgan fingerprint density at radius 1 is 1.45 bits per heavy atom. The molecule has 2 heterocycles. The molecule has 1 saturated heterocycles. The molecule has 20 heavy (non-hydrogen) atoms. The number of morpholine rings is 1. The summed E-state index contributed by atoms with van der Waals surface area (Å²) in [6.07, 6.45) is 1.73. The Morgan fingerprint density at radius 3 is 3.05 bits per heavy atom. The molecule has 0 saturated carbocycles. The SMILES string of the molecule is CC(C(=O)Nc1cccc2[nH]ncc12)N1CCOCC1. The van der Waals surface area contributed by atoms with Gasteiger partial charge in [0.25, 0.3) is 0 Å². The molecule has 1 aliphatic heterocycles. The van der Waals surface area contributed by atoms with E-state index in [1.54, 1.807) is 6.20 Å². The van der Waals surface area contributed by atoms with Crippen LogP contribution in [0.1, 0.15) is 6.92 Å². The van der Waals surface area contributed by atoms with Gasteiger partial charge in [-0.25, -0.2) is 0 Å². The van der Waals surface area contributed by atoms with Crippen LogP contribution in [0, 0.1) is 0 Å². The van der Waals surface area contributed by atoms with Gasteiger partial charge in [-0.2, -0.15) is 5.10 Å². The first-order chi connectivity index (χ1) is 9.75. The zero-order chi connectivity index (χ0) is 13.9. The zero-order valence-electron chi connectivity index (χ0n) is 11.4. The first-order valence-corrected chi connectivity index (χ1v) is 6.80. The number of hydrogen-bond acceptors (Lipinski definition) is 4. The Morgan fingerprint density at radius 2 is 2.25 bits per heavy atom. The van der Waals surface area contributed by atoms with Gasteiger partial charge in [-0.05, 0) is 19.1 Å². The smallest absolute Gasteiger partial charge is 0.241 e. The molecular formula is C14H18N4O2. The summed E-state index contributed by atoms with van der Waals surface area (Å²) in [5, 5.41) is 10.8. The summed E-state index contributed by atoms with van der Waals surface area (Å²) in [4.78, 5) is 14.5. The van der Waals surface area contributed by atoms with Crippen LogP contribution in [0.3, 0.4) is 0 Å². The Labute approximate surface area is 117 Å². The van der Waals surface area contributed by atoms with Gasteiger partial charge >= 0.3 is 0 Å². The summed E-state index contributed by atoms with van der Waals surface area (Å²) in [7, 11) is 0. The summed E-state index contributed by atoms with van der Waals surface area (Å²) in [5.74, 6) is 0.000556. The average Bonchev–Trinajstić information content (AvgIpc) is 2.97. The number of carbonyl (C=O) groups excluding carboxylic acids is 1. The second-order valence-corrected chi connectivity index (χ2v) is 4.95. The zero-order valence-corrected chi connectivity index (χ0v) is 11.4. The van der Waals surface area contributed by atoms with Gasteiger partial charge in [-0.3, -0.25) is 14.8 Å². The molecule has 0 bridgehead atoms. The number of aromatic nitrogens is 2. The number of hydrogen-bond donors (Lipinski definition) is 2. The Bertz CT molecular complexity index is 604. The van der Waals surface area contributed by atoms with Crippen molar-refractivity contribution < 1.29 is 9.53 Å². The first-order valence-electron chi connectivity index (χ1n) is 6.80. The van der Waals surface area contributed by atoms with E-state index < -0.39 is 0 Å². The number of rotatable bonds is 3. The number of carbonyl (C=O) groups is 1. The third-order valence-electron chi connectivity index (χ3n) is 3.72. The van der Waals surface area contributed by atoms with Gasteiger partial charge < -0.3 is 10.1 Å². The van der Waals surface area contributed by atoms with Gasteiger partial charge in [-0.1, -0.05) is 6.07 Å². The van der Waals surface area contributed by atoms with E-state index >= 15 is 0 Å². The second-order valence-electron chi connectivity index (χ2n) is 4.95. The van der Waals surface area contributed by atoms with Gasteiger partial charge in [0.2, 0.25) is 5.91 Å². The average molecular weight is 274 g/mol. The summed E-state index contributed by atoms with van der Waals surface area (Å²) in [6, 6.07) is 5.56. The quantitative estimate of drug-likeness (QED) is 0.883. The van der Waals surface area contributed by atoms with Crippen LogP contribution in [-0.4, -0.2) is 53.3 Å². The van der Waals surface area contributed by atoms with Crippen molar-refractivity contribution in [3.63, 3.8) is 0 Å². The molecule has 1 fully saturated rings. The van der Waals surface area contributed by atoms with Crippen LogP contribution in [0.2, 0.25) is 0 Å². The van der Waals surface area contributed by atoms with Crippen LogP contribution < -0.4 is 5.32 Å². The number of ether oxygens (including phenoxy) is 1. The lowest BCUT2D eigenvalue weighted by atomic mass is 10.2. The first kappa shape index (κ1) is 13.1. The van der Waals surface area contributed by atoms with Crippen molar-refractivity contribution >= 4 is 22.5 Å². The summed E-state index contributed by atoms with van der Waals surface area (Å²) >= 11 is 0. The van der Waals surface area contributed by atoms with E-state index in [4.69, 9.17) is 4.74 Å². The second kappa shape index (κ2) is 5.60. The maximum Gasteiger partial charge on any atom is 0.241 e. The highest BCUT2D eigenvalue weighted by molar-refractivity contribution is 6.02. The van der Waals surface area contributed by atoms with E-state index in [9.17, 15) is 4.79 Å². The number of nitrogens with one attached hydrogen (secondary N) is 2. The normalized spacial score (nSPS) is 18.1. The number of anilines is 1. The molecule has 1 unspecified atom stereocenters. The number of aromatic amines is 1. The molecule has 0 spiro atoms. The Balaban J connectivity index is 1.73. The van der Waals surface area contributed by atoms with Crippen molar-refractivity contribution in [1.82, 2.24) is 15.1 Å². The van der Waals surface area contributed by atoms with E-state index in [0.717, 1.165) is 29.7 Å². The molecule has 106 valence electrons. The Kier molecular flexibility index (Phi) is 3.66. The monoisotopic (exact) mass is 274 g/mol. The number of nitrogens with zero attached hydrogens (tertiary/aromatic N) is 2. The fraction of sp³-hybridized carbons (Fsp3) is 0.429. The van der Waals surface area contributed by atoms with Crippen LogP contribution in [0.25, 0.3) is 10.9 Å². The van der Waals surface area contributed by atoms with Crippen LogP contribution in [0.4, 0.5) is 5.69 Å². The maximum atomic E-state index is 12.4. The standard InChI is InChI=1S/C14H18N4O2/c1-10(18-5-7-20-8-6-18)14(19)16-12-3-2-4-13-11(12)9-15-17-13/h2-4,9-10H,5-8H2,1H3,(H,15,17)(H,16,19). The highest BCUT2D eigenvalue weighted by Gasteiger charge is 2.23. The summed E-state index contributed by atoms with van der Waals surface area (Å²) < 4.78 is 5.31. The van der Waals surface area contributed by atoms with Crippen molar-refractivity contribution in [3.05, 3.63) is 24.4 Å². The number of fused-ring (bicyclic) bond motifs is 1. The molecule has 0 aliphatic carbocycles. The van der Waals surface area contributed by atoms with Crippen LogP contribution >= 0.6 is 0 Å². The fourth-order valence-electron chi connectivity index (χ4n) is 2.44. The lowest BCUT2D eigenvalue weighted by Crippen LogP contribution is -2.47. The van der Waals surface area contributed by atoms with Gasteiger partial charge in [0.1, 0.15) is 0 Å². The molecule has 2 N–H and O–H groups in total. The topological polar surface area (TPSA) is 70.2 Å². The molecular weight excluding hydrogens is 256 g/mol. The molecule has 2 aromatic rings. The molecule has 6 nitrogen and oxygen atoms in total.